The molecular formula is C18H22FN7O2. The van der Waals surface area contributed by atoms with Crippen molar-refractivity contribution in [2.45, 2.75) is 45.3 Å². The van der Waals surface area contributed by atoms with Gasteiger partial charge in [0.1, 0.15) is 30.3 Å². The topological polar surface area (TPSA) is 119 Å². The Bertz CT molecular complexity index is 981. The average Bonchev–Trinajstić information content (AvgIpc) is 3.12. The monoisotopic (exact) mass is 387 g/mol. The van der Waals surface area contributed by atoms with Gasteiger partial charge < -0.3 is 20.5 Å². The molecule has 148 valence electrons. The largest absolute Gasteiger partial charge is 0.382 e. The third kappa shape index (κ3) is 3.19. The van der Waals surface area contributed by atoms with Gasteiger partial charge in [0, 0.05) is 6.04 Å². The highest BCUT2D eigenvalue weighted by Crippen LogP contribution is 2.48. The normalized spacial score (nSPS) is 22.8. The fourth-order valence-corrected chi connectivity index (χ4v) is 3.75. The van der Waals surface area contributed by atoms with Gasteiger partial charge in [-0.25, -0.2) is 19.3 Å². The lowest BCUT2D eigenvalue weighted by Gasteiger charge is -2.27. The van der Waals surface area contributed by atoms with E-state index in [1.165, 1.54) is 12.7 Å². The second-order valence-electron chi connectivity index (χ2n) is 7.54. The number of nitrogen functional groups attached to an aromatic ring is 1. The lowest BCUT2D eigenvalue weighted by atomic mass is 10.1. The molecule has 28 heavy (non-hydrogen) atoms. The molecule has 2 aromatic rings. The molecule has 4 rings (SSSR count). The Hall–Kier alpha value is -3.04. The van der Waals surface area contributed by atoms with Crippen LogP contribution in [-0.4, -0.2) is 54.9 Å². The highest BCUT2D eigenvalue weighted by molar-refractivity contribution is 5.90. The first-order valence-electron chi connectivity index (χ1n) is 9.19. The zero-order valence-electron chi connectivity index (χ0n) is 15.7. The number of amides is 2. The molecule has 10 heteroatoms. The van der Waals surface area contributed by atoms with E-state index in [0.717, 1.165) is 6.42 Å². The third-order valence-electron chi connectivity index (χ3n) is 5.39. The summed E-state index contributed by atoms with van der Waals surface area (Å²) >= 11 is 0. The van der Waals surface area contributed by atoms with Crippen molar-refractivity contribution in [3.8, 4) is 0 Å². The van der Waals surface area contributed by atoms with E-state index in [2.05, 4.69) is 20.3 Å². The van der Waals surface area contributed by atoms with E-state index in [0.29, 0.717) is 29.1 Å². The molecule has 9 nitrogen and oxygen atoms in total. The van der Waals surface area contributed by atoms with Gasteiger partial charge >= 0.3 is 0 Å². The van der Waals surface area contributed by atoms with Crippen molar-refractivity contribution in [2.75, 3.05) is 12.3 Å². The van der Waals surface area contributed by atoms with Crippen LogP contribution in [0.2, 0.25) is 0 Å². The zero-order chi connectivity index (χ0) is 20.0. The van der Waals surface area contributed by atoms with Crippen LogP contribution in [0.5, 0.6) is 0 Å². The van der Waals surface area contributed by atoms with Crippen LogP contribution in [0.4, 0.5) is 10.2 Å². The van der Waals surface area contributed by atoms with Gasteiger partial charge in [-0.05, 0) is 38.2 Å². The van der Waals surface area contributed by atoms with Crippen LogP contribution in [0.1, 0.15) is 26.7 Å². The van der Waals surface area contributed by atoms with Gasteiger partial charge in [-0.1, -0.05) is 0 Å². The van der Waals surface area contributed by atoms with E-state index in [1.54, 1.807) is 23.3 Å². The number of aromatic nitrogens is 4. The molecule has 3 heterocycles. The molecule has 2 aromatic heterocycles. The van der Waals surface area contributed by atoms with Crippen LogP contribution in [0.3, 0.4) is 0 Å². The predicted molar refractivity (Wildman–Crippen MR) is 99.4 cm³/mol. The van der Waals surface area contributed by atoms with Crippen LogP contribution in [0.15, 0.2) is 24.1 Å². The Balaban J connectivity index is 1.48. The lowest BCUT2D eigenvalue weighted by Crippen LogP contribution is -2.49. The lowest BCUT2D eigenvalue weighted by molar-refractivity contribution is -0.140. The van der Waals surface area contributed by atoms with Crippen molar-refractivity contribution in [3.05, 3.63) is 24.1 Å². The van der Waals surface area contributed by atoms with Crippen LogP contribution in [0, 0.1) is 5.92 Å². The quantitative estimate of drug-likeness (QED) is 0.782. The number of likely N-dealkylation sites (tertiary alicyclic amines) is 1. The molecule has 0 bridgehead atoms. The van der Waals surface area contributed by atoms with E-state index in [-0.39, 0.29) is 42.6 Å². The minimum absolute atomic E-state index is 0.00227. The Morgan fingerprint density at radius 1 is 1.29 bits per heavy atom. The van der Waals surface area contributed by atoms with E-state index >= 15 is 0 Å². The Kier molecular flexibility index (Phi) is 4.48. The number of hydrogen-bond donors (Lipinski definition) is 2. The average molecular weight is 387 g/mol. The van der Waals surface area contributed by atoms with Crippen molar-refractivity contribution in [1.82, 2.24) is 29.7 Å². The molecule has 0 radical (unpaired) electrons. The maximum atomic E-state index is 13.7. The number of piperidine rings is 1. The van der Waals surface area contributed by atoms with Crippen LogP contribution in [0.25, 0.3) is 11.2 Å². The predicted octanol–water partition coefficient (Wildman–Crippen LogP) is 0.777. The van der Waals surface area contributed by atoms with E-state index < -0.39 is 6.04 Å². The van der Waals surface area contributed by atoms with Crippen molar-refractivity contribution < 1.29 is 14.0 Å². The number of nitrogens with two attached hydrogens (primary N) is 1. The second kappa shape index (κ2) is 6.84. The summed E-state index contributed by atoms with van der Waals surface area (Å²) in [6.45, 7) is 3.14. The summed E-state index contributed by atoms with van der Waals surface area (Å²) in [6.07, 6.45) is 4.32. The van der Waals surface area contributed by atoms with Gasteiger partial charge in [0.05, 0.1) is 12.9 Å². The van der Waals surface area contributed by atoms with Gasteiger partial charge in [0.15, 0.2) is 11.5 Å². The molecule has 0 spiro atoms. The summed E-state index contributed by atoms with van der Waals surface area (Å²) < 4.78 is 15.3. The van der Waals surface area contributed by atoms with Gasteiger partial charge in [-0.3, -0.25) is 9.59 Å². The summed E-state index contributed by atoms with van der Waals surface area (Å²) in [5, 5.41) is 2.61. The highest BCUT2D eigenvalue weighted by atomic mass is 19.1. The van der Waals surface area contributed by atoms with E-state index in [4.69, 9.17) is 5.73 Å². The molecule has 1 saturated carbocycles. The number of imidazole rings is 1. The number of fused-ring (bicyclic) bond motifs is 2. The molecular weight excluding hydrogens is 365 g/mol. The number of nitrogens with zero attached hydrogens (tertiary/aromatic N) is 5. The van der Waals surface area contributed by atoms with Gasteiger partial charge in [0.25, 0.3) is 0 Å². The number of carbonyl (C=O) groups is 2. The zero-order valence-corrected chi connectivity index (χ0v) is 15.7. The van der Waals surface area contributed by atoms with Gasteiger partial charge in [-0.2, -0.15) is 0 Å². The SMILES string of the molecule is CC(C)=C(F)CNC(=O)[C@@H]1C[C@H]2C[C@H]2N1C(=O)Cn1cnc2c(N)ncnc21. The van der Waals surface area contributed by atoms with Crippen LogP contribution >= 0.6 is 0 Å². The molecule has 2 amide bonds. The number of rotatable bonds is 5. The molecule has 1 aliphatic carbocycles. The Morgan fingerprint density at radius 2 is 2.07 bits per heavy atom. The van der Waals surface area contributed by atoms with Crippen molar-refractivity contribution in [2.24, 2.45) is 5.92 Å². The molecule has 3 atom stereocenters. The standard InChI is InChI=1S/C18H22FN7O2/c1-9(2)11(19)5-21-18(28)13-4-10-3-12(10)26(13)14(27)6-25-8-24-15-16(20)22-7-23-17(15)25/h7-8,10,12-13H,3-6H2,1-2H3,(H,21,28)(H2,20,22,23)/t10-,12-,13+/m1/s1. The molecule has 2 aliphatic rings. The first-order valence-corrected chi connectivity index (χ1v) is 9.19. The number of anilines is 1. The van der Waals surface area contributed by atoms with Crippen molar-refractivity contribution in [3.63, 3.8) is 0 Å². The van der Waals surface area contributed by atoms with E-state index in [9.17, 15) is 14.0 Å². The maximum Gasteiger partial charge on any atom is 0.243 e. The highest BCUT2D eigenvalue weighted by Gasteiger charge is 2.55. The summed E-state index contributed by atoms with van der Waals surface area (Å²) in [5.41, 5.74) is 7.22. The summed E-state index contributed by atoms with van der Waals surface area (Å²) in [4.78, 5) is 39.4. The van der Waals surface area contributed by atoms with Gasteiger partial charge in [-0.15, -0.1) is 0 Å². The summed E-state index contributed by atoms with van der Waals surface area (Å²) in [6, 6.07) is -0.498. The van der Waals surface area contributed by atoms with Crippen LogP contribution in [-0.2, 0) is 16.1 Å². The van der Waals surface area contributed by atoms with Gasteiger partial charge in [0.2, 0.25) is 11.8 Å². The minimum Gasteiger partial charge on any atom is -0.382 e. The van der Waals surface area contributed by atoms with Crippen LogP contribution < -0.4 is 11.1 Å². The smallest absolute Gasteiger partial charge is 0.243 e. The number of nitrogens with one attached hydrogen (secondary N) is 1. The Labute approximate surface area is 160 Å². The summed E-state index contributed by atoms with van der Waals surface area (Å²) in [5.74, 6) is -0.288. The molecule has 1 saturated heterocycles. The van der Waals surface area contributed by atoms with Crippen molar-refractivity contribution in [1.29, 1.82) is 0 Å². The first kappa shape index (κ1) is 18.3. The Morgan fingerprint density at radius 3 is 2.82 bits per heavy atom. The molecule has 3 N–H and O–H groups in total. The fourth-order valence-electron chi connectivity index (χ4n) is 3.75. The minimum atomic E-state index is -0.573. The number of hydrogen-bond acceptors (Lipinski definition) is 6. The fraction of sp³-hybridized carbons (Fsp3) is 0.500. The maximum absolute atomic E-state index is 13.7. The molecule has 0 aromatic carbocycles. The molecule has 1 aliphatic heterocycles. The third-order valence-corrected chi connectivity index (χ3v) is 5.39. The van der Waals surface area contributed by atoms with E-state index in [1.807, 2.05) is 0 Å². The first-order chi connectivity index (χ1) is 13.4. The molecule has 2 fully saturated rings. The second-order valence-corrected chi connectivity index (χ2v) is 7.54. The van der Waals surface area contributed by atoms with Crippen molar-refractivity contribution >= 4 is 28.8 Å². The number of carbonyl (C=O) groups excluding carboxylic acids is 2. The number of halogens is 1. The molecule has 0 unspecified atom stereocenters. The summed E-state index contributed by atoms with van der Waals surface area (Å²) in [7, 11) is 0. The number of allylic oxidation sites excluding steroid dienone is 1.